The largest absolute Gasteiger partial charge is 0.483 e. The summed E-state index contributed by atoms with van der Waals surface area (Å²) in [5.74, 6) is -0.0873. The highest BCUT2D eigenvalue weighted by Crippen LogP contribution is 2.40. The molecule has 2 heterocycles. The Balaban J connectivity index is 2.39. The molecule has 0 saturated heterocycles. The summed E-state index contributed by atoms with van der Waals surface area (Å²) in [6.45, 7) is 5.53. The van der Waals surface area contributed by atoms with Gasteiger partial charge in [-0.05, 0) is 44.5 Å². The molecule has 1 aromatic carbocycles. The Morgan fingerprint density at radius 3 is 2.58 bits per heavy atom. The highest BCUT2D eigenvalue weighted by molar-refractivity contribution is 5.94. The smallest absolute Gasteiger partial charge is 0.269 e. The molecule has 24 heavy (non-hydrogen) atoms. The number of aromatic amines is 1. The van der Waals surface area contributed by atoms with E-state index in [0.717, 1.165) is 5.57 Å². The van der Waals surface area contributed by atoms with E-state index in [1.165, 1.54) is 16.8 Å². The van der Waals surface area contributed by atoms with Crippen molar-refractivity contribution in [2.24, 2.45) is 5.73 Å². The van der Waals surface area contributed by atoms with Gasteiger partial charge in [-0.3, -0.25) is 19.5 Å². The third-order valence-corrected chi connectivity index (χ3v) is 4.19. The lowest BCUT2D eigenvalue weighted by molar-refractivity contribution is 0.1000. The number of benzene rings is 1. The average molecular weight is 327 g/mol. The number of aromatic nitrogens is 2. The fraction of sp³-hybridized carbons (Fsp3) is 0.235. The maximum atomic E-state index is 12.3. The molecule has 0 saturated carbocycles. The number of carbonyl (C=O) groups is 1. The van der Waals surface area contributed by atoms with Crippen molar-refractivity contribution in [3.05, 3.63) is 67.7 Å². The molecule has 7 heteroatoms. The lowest BCUT2D eigenvalue weighted by Crippen LogP contribution is -2.38. The molecule has 0 radical (unpaired) electrons. The van der Waals surface area contributed by atoms with E-state index in [-0.39, 0.29) is 5.56 Å². The van der Waals surface area contributed by atoms with Gasteiger partial charge in [0.1, 0.15) is 11.4 Å². The van der Waals surface area contributed by atoms with Crippen LogP contribution >= 0.6 is 0 Å². The minimum absolute atomic E-state index is 0.286. The van der Waals surface area contributed by atoms with Gasteiger partial charge >= 0.3 is 0 Å². The summed E-state index contributed by atoms with van der Waals surface area (Å²) in [5, 5.41) is 2.52. The summed E-state index contributed by atoms with van der Waals surface area (Å²) in [7, 11) is 0. The first-order valence-corrected chi connectivity index (χ1v) is 7.38. The first-order valence-electron chi connectivity index (χ1n) is 7.38. The number of fused-ring (bicyclic) bond motifs is 1. The van der Waals surface area contributed by atoms with Crippen LogP contribution in [-0.2, 0) is 0 Å². The predicted octanol–water partition coefficient (Wildman–Crippen LogP) is 1.09. The van der Waals surface area contributed by atoms with Gasteiger partial charge in [0.15, 0.2) is 0 Å². The third kappa shape index (κ3) is 2.44. The minimum atomic E-state index is -0.692. The van der Waals surface area contributed by atoms with E-state index >= 15 is 0 Å². The molecule has 7 nitrogen and oxygen atoms in total. The van der Waals surface area contributed by atoms with Crippen LogP contribution in [0, 0.1) is 0 Å². The Kier molecular flexibility index (Phi) is 3.44. The van der Waals surface area contributed by atoms with Crippen molar-refractivity contribution in [3.8, 4) is 5.75 Å². The molecule has 2 aromatic rings. The second-order valence-electron chi connectivity index (χ2n) is 6.14. The minimum Gasteiger partial charge on any atom is -0.483 e. The average Bonchev–Trinajstić information content (AvgIpc) is 2.50. The third-order valence-electron chi connectivity index (χ3n) is 4.19. The van der Waals surface area contributed by atoms with Gasteiger partial charge in [0.25, 0.3) is 11.1 Å². The quantitative estimate of drug-likeness (QED) is 0.860. The van der Waals surface area contributed by atoms with Gasteiger partial charge in [-0.1, -0.05) is 0 Å². The van der Waals surface area contributed by atoms with E-state index in [1.54, 1.807) is 18.2 Å². The van der Waals surface area contributed by atoms with Crippen LogP contribution in [0.15, 0.2) is 45.5 Å². The number of carbonyl (C=O) groups excluding carboxylic acids is 1. The van der Waals surface area contributed by atoms with Crippen molar-refractivity contribution in [1.82, 2.24) is 9.78 Å². The zero-order chi connectivity index (χ0) is 17.6. The van der Waals surface area contributed by atoms with Crippen LogP contribution in [0.5, 0.6) is 5.75 Å². The number of rotatable bonds is 2. The Hall–Kier alpha value is -3.09. The van der Waals surface area contributed by atoms with Gasteiger partial charge in [0, 0.05) is 23.3 Å². The highest BCUT2D eigenvalue weighted by Gasteiger charge is 2.34. The van der Waals surface area contributed by atoms with Gasteiger partial charge in [-0.2, -0.15) is 0 Å². The number of hydrogen-bond donors (Lipinski definition) is 2. The normalized spacial score (nSPS) is 15.6. The van der Waals surface area contributed by atoms with Gasteiger partial charge in [-0.25, -0.2) is 4.68 Å². The first-order chi connectivity index (χ1) is 11.2. The van der Waals surface area contributed by atoms with Crippen molar-refractivity contribution >= 4 is 11.6 Å². The van der Waals surface area contributed by atoms with Crippen molar-refractivity contribution < 1.29 is 9.53 Å². The number of nitrogens with one attached hydrogen (secondary N) is 1. The van der Waals surface area contributed by atoms with E-state index < -0.39 is 22.6 Å². The molecular formula is C17H17N3O4. The molecule has 1 aliphatic rings. The predicted molar refractivity (Wildman–Crippen MR) is 89.0 cm³/mol. The van der Waals surface area contributed by atoms with Crippen molar-refractivity contribution in [3.63, 3.8) is 0 Å². The van der Waals surface area contributed by atoms with Crippen LogP contribution in [0.4, 0.5) is 0 Å². The van der Waals surface area contributed by atoms with E-state index in [4.69, 9.17) is 10.5 Å². The molecule has 0 atom stereocenters. The van der Waals surface area contributed by atoms with Crippen LogP contribution < -0.4 is 21.6 Å². The topological polar surface area (TPSA) is 107 Å². The molecule has 1 aliphatic heterocycles. The van der Waals surface area contributed by atoms with Gasteiger partial charge < -0.3 is 10.5 Å². The van der Waals surface area contributed by atoms with E-state index in [1.807, 2.05) is 20.8 Å². The zero-order valence-electron chi connectivity index (χ0n) is 13.5. The molecule has 0 unspecified atom stereocenters. The van der Waals surface area contributed by atoms with Gasteiger partial charge in [-0.15, -0.1) is 0 Å². The van der Waals surface area contributed by atoms with Gasteiger partial charge in [0.2, 0.25) is 5.91 Å². The molecule has 0 fully saturated rings. The Morgan fingerprint density at radius 2 is 1.92 bits per heavy atom. The van der Waals surface area contributed by atoms with Crippen LogP contribution in [0.2, 0.25) is 0 Å². The summed E-state index contributed by atoms with van der Waals surface area (Å²) in [4.78, 5) is 35.5. The summed E-state index contributed by atoms with van der Waals surface area (Å²) in [6.07, 6.45) is 0. The fourth-order valence-corrected chi connectivity index (χ4v) is 2.67. The van der Waals surface area contributed by atoms with Gasteiger partial charge in [0.05, 0.1) is 5.70 Å². The zero-order valence-corrected chi connectivity index (χ0v) is 13.5. The van der Waals surface area contributed by atoms with E-state index in [2.05, 4.69) is 5.10 Å². The number of H-pyrrole nitrogens is 1. The number of nitrogens with two attached hydrogens (primary N) is 1. The molecule has 124 valence electrons. The maximum Gasteiger partial charge on any atom is 0.269 e. The SMILES string of the molecule is CC1=C(n2[nH]c(=O)ccc2=O)c2cc(C(N)=O)ccc2OC1(C)C. The lowest BCUT2D eigenvalue weighted by atomic mass is 9.90. The molecule has 0 spiro atoms. The number of nitrogens with zero attached hydrogens (tertiary/aromatic N) is 1. The summed E-state index contributed by atoms with van der Waals surface area (Å²) in [5.41, 5.74) is 5.88. The maximum absolute atomic E-state index is 12.3. The summed E-state index contributed by atoms with van der Waals surface area (Å²) < 4.78 is 7.14. The molecule has 1 aromatic heterocycles. The number of primary amides is 1. The molecule has 3 rings (SSSR count). The van der Waals surface area contributed by atoms with E-state index in [9.17, 15) is 14.4 Å². The second-order valence-corrected chi connectivity index (χ2v) is 6.14. The first kappa shape index (κ1) is 15.8. The number of ether oxygens (including phenoxy) is 1. The van der Waals surface area contributed by atoms with Crippen LogP contribution in [0.25, 0.3) is 5.70 Å². The molecular weight excluding hydrogens is 310 g/mol. The molecule has 0 aliphatic carbocycles. The molecule has 3 N–H and O–H groups in total. The Bertz CT molecular complexity index is 995. The van der Waals surface area contributed by atoms with Crippen molar-refractivity contribution in [2.75, 3.05) is 0 Å². The number of amides is 1. The monoisotopic (exact) mass is 327 g/mol. The van der Waals surface area contributed by atoms with Crippen LogP contribution in [0.1, 0.15) is 36.7 Å². The summed E-state index contributed by atoms with van der Waals surface area (Å²) in [6, 6.07) is 7.12. The van der Waals surface area contributed by atoms with Crippen LogP contribution in [0.3, 0.4) is 0 Å². The van der Waals surface area contributed by atoms with Crippen molar-refractivity contribution in [2.45, 2.75) is 26.4 Å². The number of hydrogen-bond acceptors (Lipinski definition) is 4. The Labute approximate surface area is 137 Å². The molecule has 0 bridgehead atoms. The standard InChI is InChI=1S/C17H17N3O4/c1-9-15(20-14(22)7-6-13(21)19-20)11-8-10(16(18)23)4-5-12(11)24-17(9,2)3/h4-8H,1-3H3,(H2,18,23)(H,19,21). The molecule has 1 amide bonds. The van der Waals surface area contributed by atoms with Crippen LogP contribution in [-0.4, -0.2) is 21.3 Å². The van der Waals surface area contributed by atoms with Crippen molar-refractivity contribution in [1.29, 1.82) is 0 Å². The summed E-state index contributed by atoms with van der Waals surface area (Å²) >= 11 is 0. The highest BCUT2D eigenvalue weighted by atomic mass is 16.5. The second kappa shape index (κ2) is 5.23. The fourth-order valence-electron chi connectivity index (χ4n) is 2.67. The Morgan fingerprint density at radius 1 is 1.21 bits per heavy atom. The van der Waals surface area contributed by atoms with E-state index in [0.29, 0.717) is 17.0 Å². The lowest BCUT2D eigenvalue weighted by Gasteiger charge is -2.35.